The van der Waals surface area contributed by atoms with Gasteiger partial charge in [0.15, 0.2) is 11.7 Å². The van der Waals surface area contributed by atoms with Crippen molar-refractivity contribution in [1.82, 2.24) is 16.1 Å². The third kappa shape index (κ3) is 6.58. The zero-order valence-corrected chi connectivity index (χ0v) is 22.2. The van der Waals surface area contributed by atoms with Crippen molar-refractivity contribution in [2.24, 2.45) is 5.10 Å². The monoisotopic (exact) mass is 552 g/mol. The van der Waals surface area contributed by atoms with Crippen LogP contribution in [-0.4, -0.2) is 36.4 Å². The molecule has 4 rings (SSSR count). The van der Waals surface area contributed by atoms with Gasteiger partial charge in [0, 0.05) is 21.8 Å². The topological polar surface area (TPSA) is 114 Å². The van der Waals surface area contributed by atoms with E-state index < -0.39 is 17.9 Å². The van der Waals surface area contributed by atoms with Crippen molar-refractivity contribution in [3.8, 4) is 17.1 Å². The van der Waals surface area contributed by atoms with Crippen LogP contribution in [0.2, 0.25) is 5.02 Å². The van der Waals surface area contributed by atoms with Gasteiger partial charge < -0.3 is 24.5 Å². The minimum atomic E-state index is -0.618. The van der Waals surface area contributed by atoms with E-state index in [1.54, 1.807) is 62.4 Å². The molecule has 1 aliphatic rings. The van der Waals surface area contributed by atoms with Crippen molar-refractivity contribution in [3.63, 3.8) is 0 Å². The number of nitrogens with one attached hydrogen (secondary N) is 3. The summed E-state index contributed by atoms with van der Waals surface area (Å²) in [5, 5.41) is 10.9. The molecule has 2 heterocycles. The Hall–Kier alpha value is -4.15. The molecule has 0 unspecified atom stereocenters. The molecule has 0 spiro atoms. The van der Waals surface area contributed by atoms with Gasteiger partial charge in [-0.15, -0.1) is 0 Å². The third-order valence-corrected chi connectivity index (χ3v) is 5.93. The molecule has 0 fully saturated rings. The quantitative estimate of drug-likeness (QED) is 0.154. The number of carbonyl (C=O) groups excluding carboxylic acids is 2. The fourth-order valence-corrected chi connectivity index (χ4v) is 4.28. The van der Waals surface area contributed by atoms with E-state index in [-0.39, 0.29) is 13.2 Å². The van der Waals surface area contributed by atoms with Gasteiger partial charge in [-0.3, -0.25) is 4.79 Å². The highest BCUT2D eigenvalue weighted by Gasteiger charge is 2.32. The van der Waals surface area contributed by atoms with Crippen LogP contribution in [0, 0.1) is 0 Å². The van der Waals surface area contributed by atoms with Crippen molar-refractivity contribution < 1.29 is 23.5 Å². The first kappa shape index (κ1) is 26.9. The van der Waals surface area contributed by atoms with Gasteiger partial charge in [-0.1, -0.05) is 41.9 Å². The number of carbonyl (C=O) groups is 2. The van der Waals surface area contributed by atoms with Crippen LogP contribution in [0.3, 0.4) is 0 Å². The molecule has 38 heavy (non-hydrogen) atoms. The summed E-state index contributed by atoms with van der Waals surface area (Å²) in [5.41, 5.74) is 4.82. The zero-order chi connectivity index (χ0) is 27.1. The fraction of sp³-hybridized carbons (Fsp3) is 0.185. The van der Waals surface area contributed by atoms with Crippen LogP contribution in [0.15, 0.2) is 81.5 Å². The summed E-state index contributed by atoms with van der Waals surface area (Å²) in [7, 11) is 0. The highest BCUT2D eigenvalue weighted by Crippen LogP contribution is 2.33. The summed E-state index contributed by atoms with van der Waals surface area (Å²) in [4.78, 5) is 25.1. The van der Waals surface area contributed by atoms with Crippen LogP contribution in [0.4, 0.5) is 0 Å². The predicted molar refractivity (Wildman–Crippen MR) is 148 cm³/mol. The molecular formula is C27H25ClN4O5S. The van der Waals surface area contributed by atoms with E-state index in [4.69, 9.17) is 37.7 Å². The molecule has 9 nitrogen and oxygen atoms in total. The number of esters is 1. The number of rotatable bonds is 9. The van der Waals surface area contributed by atoms with Crippen molar-refractivity contribution in [3.05, 3.63) is 88.3 Å². The Morgan fingerprint density at radius 1 is 1.18 bits per heavy atom. The van der Waals surface area contributed by atoms with E-state index in [2.05, 4.69) is 21.2 Å². The summed E-state index contributed by atoms with van der Waals surface area (Å²) in [6.07, 6.45) is 1.39. The third-order valence-electron chi connectivity index (χ3n) is 5.47. The lowest BCUT2D eigenvalue weighted by molar-refractivity contribution is -0.139. The van der Waals surface area contributed by atoms with E-state index in [1.165, 1.54) is 6.21 Å². The van der Waals surface area contributed by atoms with Crippen LogP contribution in [0.1, 0.15) is 31.2 Å². The Labute approximate surface area is 229 Å². The van der Waals surface area contributed by atoms with E-state index in [9.17, 15) is 9.59 Å². The number of nitrogens with zero attached hydrogens (tertiary/aromatic N) is 1. The Bertz CT molecular complexity index is 1420. The smallest absolute Gasteiger partial charge is 0.338 e. The average Bonchev–Trinajstić information content (AvgIpc) is 3.36. The van der Waals surface area contributed by atoms with Crippen molar-refractivity contribution >= 4 is 47.0 Å². The molecule has 196 valence electrons. The van der Waals surface area contributed by atoms with Crippen LogP contribution in [-0.2, 0) is 14.3 Å². The number of hydrogen-bond acceptors (Lipinski definition) is 7. The van der Waals surface area contributed by atoms with E-state index in [0.29, 0.717) is 44.2 Å². The summed E-state index contributed by atoms with van der Waals surface area (Å²) in [6.45, 7) is 3.40. The SMILES string of the molecule is CCOC(=O)C1=C(C)NC(=S)N[C@H]1c1ccccc1OCC(=O)NN=Cc1ccc(-c2cccc(Cl)c2)o1. The number of allylic oxidation sites excluding steroid dienone is 1. The Balaban J connectivity index is 1.40. The van der Waals surface area contributed by atoms with Gasteiger partial charge in [-0.05, 0) is 56.4 Å². The number of amides is 1. The van der Waals surface area contributed by atoms with Crippen LogP contribution in [0.5, 0.6) is 5.75 Å². The first-order valence-electron chi connectivity index (χ1n) is 11.7. The van der Waals surface area contributed by atoms with E-state index in [1.807, 2.05) is 12.1 Å². The fourth-order valence-electron chi connectivity index (χ4n) is 3.82. The van der Waals surface area contributed by atoms with Gasteiger partial charge in [-0.2, -0.15) is 5.10 Å². The van der Waals surface area contributed by atoms with Crippen molar-refractivity contribution in [2.75, 3.05) is 13.2 Å². The second-order valence-corrected chi connectivity index (χ2v) is 8.97. The van der Waals surface area contributed by atoms with Gasteiger partial charge in [0.2, 0.25) is 0 Å². The normalized spacial score (nSPS) is 15.1. The van der Waals surface area contributed by atoms with Crippen molar-refractivity contribution in [2.45, 2.75) is 19.9 Å². The highest BCUT2D eigenvalue weighted by molar-refractivity contribution is 7.80. The molecule has 1 atom stereocenters. The molecule has 1 aliphatic heterocycles. The first-order valence-corrected chi connectivity index (χ1v) is 12.5. The second-order valence-electron chi connectivity index (χ2n) is 8.12. The highest BCUT2D eigenvalue weighted by atomic mass is 35.5. The minimum absolute atomic E-state index is 0.228. The maximum atomic E-state index is 12.7. The first-order chi connectivity index (χ1) is 18.4. The molecule has 0 saturated carbocycles. The minimum Gasteiger partial charge on any atom is -0.483 e. The van der Waals surface area contributed by atoms with Gasteiger partial charge >= 0.3 is 5.97 Å². The van der Waals surface area contributed by atoms with Gasteiger partial charge in [0.1, 0.15) is 17.3 Å². The number of benzene rings is 2. The Morgan fingerprint density at radius 3 is 2.79 bits per heavy atom. The summed E-state index contributed by atoms with van der Waals surface area (Å²) in [5.74, 6) is 0.520. The molecule has 11 heteroatoms. The van der Waals surface area contributed by atoms with Gasteiger partial charge in [0.05, 0.1) is 24.4 Å². The van der Waals surface area contributed by atoms with Crippen LogP contribution in [0.25, 0.3) is 11.3 Å². The standard InChI is InChI=1S/C27H25ClN4O5S/c1-3-35-26(34)24-16(2)30-27(38)31-25(24)20-9-4-5-10-22(20)36-15-23(33)32-29-14-19-11-12-21(37-19)17-7-6-8-18(28)13-17/h4-14,25H,3,15H2,1-2H3,(H,32,33)(H2,30,31,38)/t25-/m0/s1. The molecular weight excluding hydrogens is 528 g/mol. The molecule has 3 aromatic rings. The molecule has 0 bridgehead atoms. The lowest BCUT2D eigenvalue weighted by Gasteiger charge is -2.30. The number of hydrogen-bond donors (Lipinski definition) is 3. The number of ether oxygens (including phenoxy) is 2. The second kappa shape index (κ2) is 12.4. The average molecular weight is 553 g/mol. The Kier molecular flexibility index (Phi) is 8.77. The predicted octanol–water partition coefficient (Wildman–Crippen LogP) is 4.49. The summed E-state index contributed by atoms with van der Waals surface area (Å²) >= 11 is 11.3. The lowest BCUT2D eigenvalue weighted by Crippen LogP contribution is -2.45. The van der Waals surface area contributed by atoms with Gasteiger partial charge in [0.25, 0.3) is 5.91 Å². The molecule has 0 saturated heterocycles. The molecule has 0 radical (unpaired) electrons. The number of thiocarbonyl (C=S) groups is 1. The number of furan rings is 1. The molecule has 3 N–H and O–H groups in total. The number of hydrazone groups is 1. The van der Waals surface area contributed by atoms with Crippen LogP contribution < -0.4 is 20.8 Å². The lowest BCUT2D eigenvalue weighted by atomic mass is 9.95. The molecule has 1 amide bonds. The molecule has 2 aromatic carbocycles. The molecule has 1 aromatic heterocycles. The summed E-state index contributed by atoms with van der Waals surface area (Å²) < 4.78 is 16.7. The van der Waals surface area contributed by atoms with E-state index >= 15 is 0 Å². The Morgan fingerprint density at radius 2 is 2.00 bits per heavy atom. The maximum Gasteiger partial charge on any atom is 0.338 e. The number of halogens is 1. The van der Waals surface area contributed by atoms with Crippen molar-refractivity contribution in [1.29, 1.82) is 0 Å². The summed E-state index contributed by atoms with van der Waals surface area (Å²) in [6, 6.07) is 17.2. The largest absolute Gasteiger partial charge is 0.483 e. The number of para-hydroxylation sites is 1. The maximum absolute atomic E-state index is 12.7. The van der Waals surface area contributed by atoms with E-state index in [0.717, 1.165) is 5.56 Å². The van der Waals surface area contributed by atoms with Gasteiger partial charge in [-0.25, -0.2) is 10.2 Å². The zero-order valence-electron chi connectivity index (χ0n) is 20.6. The molecule has 0 aliphatic carbocycles. The van der Waals surface area contributed by atoms with Crippen LogP contribution >= 0.6 is 23.8 Å².